The summed E-state index contributed by atoms with van der Waals surface area (Å²) in [5.74, 6) is 0. The third-order valence-corrected chi connectivity index (χ3v) is 3.00. The molecule has 6 heteroatoms. The highest BCUT2D eigenvalue weighted by molar-refractivity contribution is 5.96. The number of ether oxygens (including phenoxy) is 2. The molecule has 0 saturated carbocycles. The Bertz CT molecular complexity index is 625. The number of hydrogen-bond acceptors (Lipinski definition) is 4. The first-order valence-electron chi connectivity index (χ1n) is 7.89. The second-order valence-corrected chi connectivity index (χ2v) is 7.68. The highest BCUT2D eigenvalue weighted by atomic mass is 16.6. The van der Waals surface area contributed by atoms with Gasteiger partial charge in [-0.25, -0.2) is 9.59 Å². The van der Waals surface area contributed by atoms with Crippen LogP contribution >= 0.6 is 0 Å². The van der Waals surface area contributed by atoms with E-state index in [0.29, 0.717) is 11.4 Å². The van der Waals surface area contributed by atoms with E-state index in [2.05, 4.69) is 10.6 Å². The van der Waals surface area contributed by atoms with Crippen LogP contribution in [0.25, 0.3) is 0 Å². The first-order chi connectivity index (χ1) is 10.8. The topological polar surface area (TPSA) is 76.7 Å². The fourth-order valence-corrected chi connectivity index (χ4v) is 1.90. The maximum Gasteiger partial charge on any atom is 0.412 e. The van der Waals surface area contributed by atoms with Crippen molar-refractivity contribution < 1.29 is 19.1 Å². The SMILES string of the molecule is Cc1ccc(NC(=O)OC(C)(C)C)c(NC(=O)OC(C)(C)C)c1C. The van der Waals surface area contributed by atoms with Gasteiger partial charge in [0.25, 0.3) is 0 Å². The number of carbonyl (C=O) groups is 2. The Balaban J connectivity index is 3.03. The van der Waals surface area contributed by atoms with Crippen molar-refractivity contribution in [1.82, 2.24) is 0 Å². The number of nitrogens with one attached hydrogen (secondary N) is 2. The first-order valence-corrected chi connectivity index (χ1v) is 7.89. The molecule has 0 radical (unpaired) electrons. The lowest BCUT2D eigenvalue weighted by Gasteiger charge is -2.23. The van der Waals surface area contributed by atoms with Crippen LogP contribution in [0.4, 0.5) is 21.0 Å². The van der Waals surface area contributed by atoms with Crippen LogP contribution in [-0.4, -0.2) is 23.4 Å². The summed E-state index contributed by atoms with van der Waals surface area (Å²) >= 11 is 0. The van der Waals surface area contributed by atoms with E-state index < -0.39 is 23.4 Å². The summed E-state index contributed by atoms with van der Waals surface area (Å²) in [7, 11) is 0. The maximum absolute atomic E-state index is 12.1. The van der Waals surface area contributed by atoms with Gasteiger partial charge < -0.3 is 9.47 Å². The molecule has 0 bridgehead atoms. The van der Waals surface area contributed by atoms with Crippen LogP contribution in [-0.2, 0) is 9.47 Å². The molecule has 1 aromatic rings. The van der Waals surface area contributed by atoms with Gasteiger partial charge in [-0.2, -0.15) is 0 Å². The minimum Gasteiger partial charge on any atom is -0.444 e. The summed E-state index contributed by atoms with van der Waals surface area (Å²) in [5, 5.41) is 5.38. The van der Waals surface area contributed by atoms with Crippen molar-refractivity contribution in [2.45, 2.75) is 66.6 Å². The van der Waals surface area contributed by atoms with E-state index in [-0.39, 0.29) is 0 Å². The maximum atomic E-state index is 12.1. The molecule has 0 aromatic heterocycles. The van der Waals surface area contributed by atoms with E-state index in [4.69, 9.17) is 9.47 Å². The van der Waals surface area contributed by atoms with Crippen molar-refractivity contribution in [3.05, 3.63) is 23.3 Å². The summed E-state index contributed by atoms with van der Waals surface area (Å²) in [4.78, 5) is 24.1. The molecule has 0 fully saturated rings. The Morgan fingerprint density at radius 1 is 0.833 bits per heavy atom. The van der Waals surface area contributed by atoms with Crippen LogP contribution in [0.1, 0.15) is 52.7 Å². The molecule has 2 amide bonds. The number of anilines is 2. The predicted octanol–water partition coefficient (Wildman–Crippen LogP) is 5.00. The predicted molar refractivity (Wildman–Crippen MR) is 95.6 cm³/mol. The average Bonchev–Trinajstić information content (AvgIpc) is 2.34. The van der Waals surface area contributed by atoms with E-state index in [1.807, 2.05) is 19.9 Å². The summed E-state index contributed by atoms with van der Waals surface area (Å²) in [6.07, 6.45) is -1.17. The smallest absolute Gasteiger partial charge is 0.412 e. The first kappa shape index (κ1) is 19.8. The van der Waals surface area contributed by atoms with Gasteiger partial charge in [0, 0.05) is 0 Å². The van der Waals surface area contributed by atoms with Crippen molar-refractivity contribution in [2.75, 3.05) is 10.6 Å². The van der Waals surface area contributed by atoms with Crippen LogP contribution in [0.5, 0.6) is 0 Å². The summed E-state index contributed by atoms with van der Waals surface area (Å²) in [5.41, 5.74) is 1.56. The molecular weight excluding hydrogens is 308 g/mol. The number of benzene rings is 1. The Kier molecular flexibility index (Phi) is 5.87. The molecule has 1 rings (SSSR count). The number of amides is 2. The third-order valence-electron chi connectivity index (χ3n) is 3.00. The van der Waals surface area contributed by atoms with Gasteiger partial charge in [-0.05, 0) is 72.6 Å². The van der Waals surface area contributed by atoms with E-state index >= 15 is 0 Å². The molecule has 0 aliphatic heterocycles. The van der Waals surface area contributed by atoms with Crippen molar-refractivity contribution >= 4 is 23.6 Å². The van der Waals surface area contributed by atoms with E-state index in [9.17, 15) is 9.59 Å². The minimum atomic E-state index is -0.611. The molecule has 0 aliphatic carbocycles. The van der Waals surface area contributed by atoms with Crippen LogP contribution in [0.3, 0.4) is 0 Å². The number of hydrogen-bond donors (Lipinski definition) is 2. The summed E-state index contributed by atoms with van der Waals surface area (Å²) in [6.45, 7) is 14.5. The standard InChI is InChI=1S/C18H28N2O4/c1-11-9-10-13(19-15(21)23-17(3,4)5)14(12(11)2)20-16(22)24-18(6,7)8/h9-10H,1-8H3,(H,19,21)(H,20,22). The van der Waals surface area contributed by atoms with Crippen LogP contribution < -0.4 is 10.6 Å². The van der Waals surface area contributed by atoms with Gasteiger partial charge in [-0.1, -0.05) is 6.07 Å². The Morgan fingerprint density at radius 2 is 1.29 bits per heavy atom. The summed E-state index contributed by atoms with van der Waals surface area (Å²) < 4.78 is 10.5. The van der Waals surface area contributed by atoms with Crippen LogP contribution in [0.15, 0.2) is 12.1 Å². The molecule has 2 N–H and O–H groups in total. The molecule has 1 aromatic carbocycles. The molecule has 0 spiro atoms. The molecule has 134 valence electrons. The van der Waals surface area contributed by atoms with Gasteiger partial charge in [0.1, 0.15) is 11.2 Å². The minimum absolute atomic E-state index is 0.457. The molecule has 24 heavy (non-hydrogen) atoms. The molecule has 6 nitrogen and oxygen atoms in total. The van der Waals surface area contributed by atoms with Gasteiger partial charge in [-0.15, -0.1) is 0 Å². The number of aryl methyl sites for hydroxylation is 1. The molecular formula is C18H28N2O4. The Hall–Kier alpha value is -2.24. The average molecular weight is 336 g/mol. The van der Waals surface area contributed by atoms with Gasteiger partial charge in [0.05, 0.1) is 11.4 Å². The monoisotopic (exact) mass is 336 g/mol. The number of rotatable bonds is 2. The molecule has 0 heterocycles. The van der Waals surface area contributed by atoms with Crippen LogP contribution in [0.2, 0.25) is 0 Å². The van der Waals surface area contributed by atoms with E-state index in [1.54, 1.807) is 47.6 Å². The third kappa shape index (κ3) is 6.48. The lowest BCUT2D eigenvalue weighted by Crippen LogP contribution is -2.29. The summed E-state index contributed by atoms with van der Waals surface area (Å²) in [6, 6.07) is 3.58. The van der Waals surface area contributed by atoms with Crippen molar-refractivity contribution in [3.8, 4) is 0 Å². The Labute approximate surface area is 143 Å². The fraction of sp³-hybridized carbons (Fsp3) is 0.556. The van der Waals surface area contributed by atoms with E-state index in [1.165, 1.54) is 0 Å². The highest BCUT2D eigenvalue weighted by Crippen LogP contribution is 2.29. The molecule has 0 atom stereocenters. The largest absolute Gasteiger partial charge is 0.444 e. The van der Waals surface area contributed by atoms with Crippen LogP contribution in [0, 0.1) is 13.8 Å². The van der Waals surface area contributed by atoms with Crippen molar-refractivity contribution in [3.63, 3.8) is 0 Å². The van der Waals surface area contributed by atoms with E-state index in [0.717, 1.165) is 11.1 Å². The van der Waals surface area contributed by atoms with Gasteiger partial charge >= 0.3 is 12.2 Å². The lowest BCUT2D eigenvalue weighted by atomic mass is 10.1. The molecule has 0 saturated heterocycles. The van der Waals surface area contributed by atoms with Crippen molar-refractivity contribution in [1.29, 1.82) is 0 Å². The molecule has 0 unspecified atom stereocenters. The highest BCUT2D eigenvalue weighted by Gasteiger charge is 2.21. The zero-order valence-electron chi connectivity index (χ0n) is 15.8. The normalized spacial score (nSPS) is 11.7. The second kappa shape index (κ2) is 7.11. The zero-order chi connectivity index (χ0) is 18.7. The van der Waals surface area contributed by atoms with Gasteiger partial charge in [-0.3, -0.25) is 10.6 Å². The second-order valence-electron chi connectivity index (χ2n) is 7.68. The van der Waals surface area contributed by atoms with Crippen molar-refractivity contribution in [2.24, 2.45) is 0 Å². The quantitative estimate of drug-likeness (QED) is 0.797. The lowest BCUT2D eigenvalue weighted by molar-refractivity contribution is 0.0620. The fourth-order valence-electron chi connectivity index (χ4n) is 1.90. The molecule has 0 aliphatic rings. The van der Waals surface area contributed by atoms with Gasteiger partial charge in [0.2, 0.25) is 0 Å². The van der Waals surface area contributed by atoms with Gasteiger partial charge in [0.15, 0.2) is 0 Å². The zero-order valence-corrected chi connectivity index (χ0v) is 15.8. The Morgan fingerprint density at radius 3 is 1.75 bits per heavy atom. The number of carbonyl (C=O) groups excluding carboxylic acids is 2.